The number of amides is 6. The maximum Gasteiger partial charge on any atom is 0.342 e. The van der Waals surface area contributed by atoms with Gasteiger partial charge in [0.15, 0.2) is 0 Å². The second-order valence-corrected chi connectivity index (χ2v) is 5.20. The minimum atomic E-state index is -0.241. The summed E-state index contributed by atoms with van der Waals surface area (Å²) in [4.78, 5) is 77.2. The Balaban J connectivity index is -0.000000171. The van der Waals surface area contributed by atoms with Gasteiger partial charge >= 0.3 is 30.1 Å². The summed E-state index contributed by atoms with van der Waals surface area (Å²) < 4.78 is 0. The van der Waals surface area contributed by atoms with E-state index in [0.717, 1.165) is 15.8 Å². The van der Waals surface area contributed by atoms with Crippen molar-refractivity contribution in [2.75, 3.05) is 63.4 Å². The average Bonchev–Trinajstić information content (AvgIpc) is 2.89. The molecule has 0 saturated carbocycles. The normalized spacial score (nSPS) is 11.5. The van der Waals surface area contributed by atoms with Gasteiger partial charge in [-0.05, 0) is 0 Å². The van der Waals surface area contributed by atoms with E-state index in [1.165, 1.54) is 50.2 Å². The molecule has 0 aromatic carbocycles. The van der Waals surface area contributed by atoms with Crippen LogP contribution < -0.4 is 0 Å². The fourth-order valence-electron chi connectivity index (χ4n) is 1.59. The quantitative estimate of drug-likeness (QED) is 0.278. The molecule has 2 aliphatic rings. The van der Waals surface area contributed by atoms with E-state index in [2.05, 4.69) is 61.1 Å². The molecule has 2 rings (SSSR count). The van der Waals surface area contributed by atoms with Gasteiger partial charge in [-0.25, -0.2) is 43.8 Å². The molecule has 0 N–H and O–H groups in total. The van der Waals surface area contributed by atoms with Crippen LogP contribution in [0.5, 0.6) is 0 Å². The van der Waals surface area contributed by atoms with Crippen molar-refractivity contribution in [2.24, 2.45) is 34.9 Å². The second-order valence-electron chi connectivity index (χ2n) is 5.20. The van der Waals surface area contributed by atoms with E-state index in [1.54, 1.807) is 35.2 Å². The van der Waals surface area contributed by atoms with Gasteiger partial charge in [0.2, 0.25) is 18.1 Å². The lowest BCUT2D eigenvalue weighted by Crippen LogP contribution is -2.60. The summed E-state index contributed by atoms with van der Waals surface area (Å²) in [6, 6.07) is 4.01. The van der Waals surface area contributed by atoms with Crippen molar-refractivity contribution in [2.45, 2.75) is 0 Å². The monoisotopic (exact) mass is 493 g/mol. The van der Waals surface area contributed by atoms with Crippen molar-refractivity contribution >= 4 is 48.2 Å². The minimum absolute atomic E-state index is 0.00407. The molecule has 0 atom stereocenters. The first-order valence-electron chi connectivity index (χ1n) is 9.03. The van der Waals surface area contributed by atoms with Gasteiger partial charge in [0, 0.05) is 59.3 Å². The van der Waals surface area contributed by atoms with E-state index >= 15 is 0 Å². The van der Waals surface area contributed by atoms with Crippen LogP contribution in [0.3, 0.4) is 0 Å². The molecule has 0 spiro atoms. The molecule has 16 heteroatoms. The van der Waals surface area contributed by atoms with Gasteiger partial charge in [0.25, 0.3) is 0 Å². The van der Waals surface area contributed by atoms with Crippen molar-refractivity contribution in [1.29, 1.82) is 0 Å². The molecule has 16 nitrogen and oxygen atoms in total. The third kappa shape index (κ3) is 17.4. The van der Waals surface area contributed by atoms with Crippen molar-refractivity contribution in [3.8, 4) is 0 Å². The molecule has 0 aromatic rings. The lowest BCUT2D eigenvalue weighted by Gasteiger charge is -2.37. The highest BCUT2D eigenvalue weighted by molar-refractivity contribution is 6.13. The molecule has 0 aromatic heterocycles. The fraction of sp³-hybridized carbons (Fsp3) is 0.474. The van der Waals surface area contributed by atoms with Crippen LogP contribution in [0.2, 0.25) is 0 Å². The van der Waals surface area contributed by atoms with Gasteiger partial charge in [0.1, 0.15) is 14.1 Å². The Labute approximate surface area is 204 Å². The number of nitrogens with zero attached hydrogens (tertiary/aromatic N) is 11. The predicted octanol–water partition coefficient (Wildman–Crippen LogP) is 1.14. The number of guanidine groups is 1. The average molecular weight is 494 g/mol. The lowest BCUT2D eigenvalue weighted by molar-refractivity contribution is 0.125. The maximum absolute atomic E-state index is 10.7. The zero-order valence-corrected chi connectivity index (χ0v) is 21.4. The molecule has 190 valence electrons. The molecule has 6 amide bonds. The topological polar surface area (TPSA) is 185 Å². The number of carbonyl (C=O) groups excluding carboxylic acids is 5. The van der Waals surface area contributed by atoms with Crippen LogP contribution in [0.4, 0.5) is 14.4 Å². The second kappa shape index (κ2) is 25.4. The van der Waals surface area contributed by atoms with Crippen LogP contribution in [-0.4, -0.2) is 131 Å². The maximum atomic E-state index is 10.7. The van der Waals surface area contributed by atoms with E-state index in [0.29, 0.717) is 0 Å². The molecule has 2 heterocycles. The molecule has 0 unspecified atom stereocenters. The SMILES string of the molecule is CN1C(=O)N(C)C1=O.CN=C1N(C)C(=O)N1C.CN=C=O.CN=C=O.[CH2+]N=C=NC.[CH2+]N=C=NC. The van der Waals surface area contributed by atoms with E-state index in [9.17, 15) is 14.4 Å². The Hall–Kier alpha value is -4.86. The zero-order valence-electron chi connectivity index (χ0n) is 21.4. The summed E-state index contributed by atoms with van der Waals surface area (Å²) in [7, 11) is 20.1. The first-order chi connectivity index (χ1) is 16.5. The number of isocyanates is 2. The van der Waals surface area contributed by atoms with E-state index in [4.69, 9.17) is 9.59 Å². The number of hydrogen-bond donors (Lipinski definition) is 0. The number of rotatable bonds is 0. The van der Waals surface area contributed by atoms with E-state index in [1.807, 2.05) is 0 Å². The number of imide groups is 2. The van der Waals surface area contributed by atoms with Gasteiger partial charge < -0.3 is 0 Å². The van der Waals surface area contributed by atoms with Gasteiger partial charge in [-0.3, -0.25) is 14.8 Å². The third-order valence-corrected chi connectivity index (χ3v) is 3.05. The van der Waals surface area contributed by atoms with Crippen LogP contribution in [-0.2, 0) is 9.59 Å². The lowest BCUT2D eigenvalue weighted by atomic mass is 10.5. The summed E-state index contributed by atoms with van der Waals surface area (Å²) in [5, 5.41) is 0. The van der Waals surface area contributed by atoms with Gasteiger partial charge in [-0.2, -0.15) is 0 Å². The standard InChI is InChI=1S/C5H9N3O.C4H6N2O2.2C3H5N2.2C2H3NO/c1-6-4-7(2)5(9)8(4)3;1-5-3(7)6(2)4(5)8;2*1-4-3-5-2;2*1-3-2-4/h1-3H3;1-2H3;2*1H2,2H3;2*1H3/q;;2*+1;;. The number of hydrogen-bond acceptors (Lipinski definition) is 12. The van der Waals surface area contributed by atoms with Gasteiger partial charge in [0.05, 0.1) is 14.1 Å². The highest BCUT2D eigenvalue weighted by Gasteiger charge is 2.37. The van der Waals surface area contributed by atoms with Crippen LogP contribution in [0.15, 0.2) is 34.9 Å². The summed E-state index contributed by atoms with van der Waals surface area (Å²) >= 11 is 0. The number of aliphatic imine (C=N–C) groups is 7. The van der Waals surface area contributed by atoms with Crippen LogP contribution in [0.25, 0.3) is 0 Å². The Kier molecular flexibility index (Phi) is 27.2. The predicted molar refractivity (Wildman–Crippen MR) is 131 cm³/mol. The molecular weight excluding hydrogens is 462 g/mol. The zero-order chi connectivity index (χ0) is 28.4. The smallest absolute Gasteiger partial charge is 0.267 e. The summed E-state index contributed by atoms with van der Waals surface area (Å²) in [6.07, 6.45) is 2.61. The largest absolute Gasteiger partial charge is 0.342 e. The summed E-state index contributed by atoms with van der Waals surface area (Å²) in [5.41, 5.74) is 0. The van der Waals surface area contributed by atoms with Crippen LogP contribution >= 0.6 is 0 Å². The molecule has 35 heavy (non-hydrogen) atoms. The minimum Gasteiger partial charge on any atom is -0.267 e. The van der Waals surface area contributed by atoms with E-state index < -0.39 is 0 Å². The Morgan fingerprint density at radius 2 is 0.829 bits per heavy atom. The molecule has 2 saturated heterocycles. The van der Waals surface area contributed by atoms with Gasteiger partial charge in [-0.1, -0.05) is 0 Å². The highest BCUT2D eigenvalue weighted by Crippen LogP contribution is 2.09. The third-order valence-electron chi connectivity index (χ3n) is 3.05. The highest BCUT2D eigenvalue weighted by atomic mass is 16.2. The first-order valence-corrected chi connectivity index (χ1v) is 9.03. The molecule has 0 aliphatic carbocycles. The first kappa shape index (κ1) is 37.5. The molecule has 2 fully saturated rings. The van der Waals surface area contributed by atoms with E-state index in [-0.39, 0.29) is 18.1 Å². The van der Waals surface area contributed by atoms with Crippen molar-refractivity contribution < 1.29 is 24.0 Å². The number of carbonyl (C=O) groups is 3. The Morgan fingerprint density at radius 3 is 0.914 bits per heavy atom. The summed E-state index contributed by atoms with van der Waals surface area (Å²) in [6.45, 7) is 0. The Bertz CT molecular complexity index is 814. The van der Waals surface area contributed by atoms with Crippen molar-refractivity contribution in [1.82, 2.24) is 19.6 Å². The van der Waals surface area contributed by atoms with Crippen LogP contribution in [0, 0.1) is 14.1 Å². The van der Waals surface area contributed by atoms with Gasteiger partial charge in [-0.15, -0.1) is 9.98 Å². The fourth-order valence-corrected chi connectivity index (χ4v) is 1.59. The molecule has 2 aliphatic heterocycles. The molecular formula is C19H31N11O5+2. The van der Waals surface area contributed by atoms with Crippen LogP contribution in [0.1, 0.15) is 0 Å². The Morgan fingerprint density at radius 1 is 0.571 bits per heavy atom. The molecule has 0 radical (unpaired) electrons. The summed E-state index contributed by atoms with van der Waals surface area (Å²) in [5.74, 6) is 0.722. The molecule has 0 bridgehead atoms. The van der Waals surface area contributed by atoms with Crippen molar-refractivity contribution in [3.05, 3.63) is 14.1 Å². The number of urea groups is 3. The van der Waals surface area contributed by atoms with Crippen molar-refractivity contribution in [3.63, 3.8) is 0 Å².